The number of aryl methyl sites for hydroxylation is 1. The van der Waals surface area contributed by atoms with Crippen molar-refractivity contribution in [3.8, 4) is 0 Å². The molecule has 1 unspecified atom stereocenters. The highest BCUT2D eigenvalue weighted by Crippen LogP contribution is 2.40. The summed E-state index contributed by atoms with van der Waals surface area (Å²) in [5, 5.41) is 12.3. The first-order valence-corrected chi connectivity index (χ1v) is 7.26. The second-order valence-electron chi connectivity index (χ2n) is 3.86. The Kier molecular flexibility index (Phi) is 2.83. The molecule has 1 aromatic heterocycles. The van der Waals surface area contributed by atoms with Gasteiger partial charge in [0.2, 0.25) is 11.1 Å². The minimum absolute atomic E-state index is 0.0895. The van der Waals surface area contributed by atoms with Crippen molar-refractivity contribution in [2.45, 2.75) is 10.5 Å². The Balaban J connectivity index is 1.62. The summed E-state index contributed by atoms with van der Waals surface area (Å²) in [7, 11) is 1.80. The van der Waals surface area contributed by atoms with Crippen LogP contribution in [-0.2, 0) is 11.8 Å². The second kappa shape index (κ2) is 4.34. The summed E-state index contributed by atoms with van der Waals surface area (Å²) in [6.45, 7) is 0. The molecular weight excluding hydrogens is 258 g/mol. The predicted molar refractivity (Wildman–Crippen MR) is 65.2 cm³/mol. The van der Waals surface area contributed by atoms with Gasteiger partial charge in [0.15, 0.2) is 0 Å². The lowest BCUT2D eigenvalue weighted by Crippen LogP contribution is -2.58. The number of fused-ring (bicyclic) bond motifs is 1. The number of hydrogen-bond acceptors (Lipinski definition) is 6. The molecule has 0 N–H and O–H groups in total. The molecule has 2 aliphatic heterocycles. The summed E-state index contributed by atoms with van der Waals surface area (Å²) < 4.78 is 1.62. The average Bonchev–Trinajstić information content (AvgIpc) is 2.75. The summed E-state index contributed by atoms with van der Waals surface area (Å²) in [4.78, 5) is 13.6. The molecular formula is C9H11N5OS2. The van der Waals surface area contributed by atoms with E-state index in [9.17, 15) is 4.79 Å². The lowest BCUT2D eigenvalue weighted by molar-refractivity contribution is -0.144. The van der Waals surface area contributed by atoms with Crippen LogP contribution in [-0.4, -0.2) is 47.9 Å². The Morgan fingerprint density at radius 2 is 2.53 bits per heavy atom. The molecule has 1 saturated heterocycles. The van der Waals surface area contributed by atoms with E-state index in [0.717, 1.165) is 16.7 Å². The molecule has 0 aliphatic carbocycles. The minimum Gasteiger partial charge on any atom is -0.306 e. The van der Waals surface area contributed by atoms with Crippen LogP contribution in [0.15, 0.2) is 17.4 Å². The molecule has 8 heteroatoms. The fourth-order valence-corrected chi connectivity index (χ4v) is 4.14. The highest BCUT2D eigenvalue weighted by molar-refractivity contribution is 8.00. The standard InChI is InChI=1S/C9H11N5OS2/c1-13-9(10-11-12-13)17-5-6-7(15)14-3-2-4-16-8(6)14/h2-3,6,8H,4-5H2,1H3/t6?,8-/m0/s1. The first-order valence-electron chi connectivity index (χ1n) is 5.23. The summed E-state index contributed by atoms with van der Waals surface area (Å²) in [5.74, 6) is 2.03. The van der Waals surface area contributed by atoms with E-state index in [4.69, 9.17) is 0 Å². The molecule has 0 radical (unpaired) electrons. The van der Waals surface area contributed by atoms with Crippen molar-refractivity contribution in [3.63, 3.8) is 0 Å². The fraction of sp³-hybridized carbons (Fsp3) is 0.556. The van der Waals surface area contributed by atoms with Gasteiger partial charge < -0.3 is 4.90 Å². The van der Waals surface area contributed by atoms with Crippen LogP contribution in [0.5, 0.6) is 0 Å². The second-order valence-corrected chi connectivity index (χ2v) is 5.99. The van der Waals surface area contributed by atoms with Gasteiger partial charge >= 0.3 is 0 Å². The first-order chi connectivity index (χ1) is 8.27. The van der Waals surface area contributed by atoms with E-state index in [1.165, 1.54) is 11.8 Å². The quantitative estimate of drug-likeness (QED) is 0.583. The third-order valence-corrected chi connectivity index (χ3v) is 5.20. The Morgan fingerprint density at radius 3 is 3.29 bits per heavy atom. The minimum atomic E-state index is 0.0895. The van der Waals surface area contributed by atoms with Gasteiger partial charge in [0.1, 0.15) is 0 Å². The van der Waals surface area contributed by atoms with E-state index < -0.39 is 0 Å². The van der Waals surface area contributed by atoms with E-state index in [1.807, 2.05) is 28.9 Å². The lowest BCUT2D eigenvalue weighted by Gasteiger charge is -2.46. The Hall–Kier alpha value is -1.02. The summed E-state index contributed by atoms with van der Waals surface area (Å²) in [6.07, 6.45) is 3.92. The van der Waals surface area contributed by atoms with Gasteiger partial charge in [0.25, 0.3) is 0 Å². The van der Waals surface area contributed by atoms with Crippen molar-refractivity contribution in [3.05, 3.63) is 12.3 Å². The number of aromatic nitrogens is 4. The molecule has 1 aromatic rings. The molecule has 3 heterocycles. The largest absolute Gasteiger partial charge is 0.306 e. The topological polar surface area (TPSA) is 63.9 Å². The van der Waals surface area contributed by atoms with Crippen LogP contribution in [0.2, 0.25) is 0 Å². The molecule has 2 aliphatic rings. The number of carbonyl (C=O) groups is 1. The summed E-state index contributed by atoms with van der Waals surface area (Å²) in [6, 6.07) is 0. The van der Waals surface area contributed by atoms with E-state index in [0.29, 0.717) is 5.37 Å². The van der Waals surface area contributed by atoms with Gasteiger partial charge in [-0.15, -0.1) is 16.9 Å². The molecule has 1 amide bonds. The smallest absolute Gasteiger partial charge is 0.234 e. The van der Waals surface area contributed by atoms with Gasteiger partial charge in [0, 0.05) is 24.8 Å². The van der Waals surface area contributed by atoms with Crippen molar-refractivity contribution in [2.24, 2.45) is 13.0 Å². The normalized spacial score (nSPS) is 26.9. The van der Waals surface area contributed by atoms with E-state index in [1.54, 1.807) is 11.7 Å². The van der Waals surface area contributed by atoms with Gasteiger partial charge in [0.05, 0.1) is 11.3 Å². The zero-order valence-corrected chi connectivity index (χ0v) is 10.8. The maximum atomic E-state index is 11.8. The third-order valence-electron chi connectivity index (χ3n) is 2.79. The Bertz CT molecular complexity index is 474. The highest BCUT2D eigenvalue weighted by Gasteiger charge is 2.47. The number of nitrogens with zero attached hydrogens (tertiary/aromatic N) is 5. The molecule has 6 nitrogen and oxygen atoms in total. The number of hydrogen-bond donors (Lipinski definition) is 0. The molecule has 90 valence electrons. The van der Waals surface area contributed by atoms with Crippen molar-refractivity contribution < 1.29 is 4.79 Å². The molecule has 0 saturated carbocycles. The fourth-order valence-electron chi connectivity index (χ4n) is 1.88. The number of amides is 1. The van der Waals surface area contributed by atoms with Crippen molar-refractivity contribution in [2.75, 3.05) is 11.5 Å². The van der Waals surface area contributed by atoms with Crippen LogP contribution < -0.4 is 0 Å². The monoisotopic (exact) mass is 269 g/mol. The van der Waals surface area contributed by atoms with E-state index in [2.05, 4.69) is 15.5 Å². The van der Waals surface area contributed by atoms with Gasteiger partial charge in [-0.05, 0) is 10.4 Å². The molecule has 2 atom stereocenters. The van der Waals surface area contributed by atoms with E-state index >= 15 is 0 Å². The van der Waals surface area contributed by atoms with Crippen molar-refractivity contribution in [1.82, 2.24) is 25.1 Å². The van der Waals surface area contributed by atoms with Crippen LogP contribution in [0.1, 0.15) is 0 Å². The molecule has 0 bridgehead atoms. The predicted octanol–water partition coefficient (Wildman–Crippen LogP) is 0.347. The molecule has 17 heavy (non-hydrogen) atoms. The SMILES string of the molecule is Cn1nnnc1SCC1C(=O)N2C=CCS[C@@H]12. The van der Waals surface area contributed by atoms with Crippen molar-refractivity contribution >= 4 is 29.4 Å². The van der Waals surface area contributed by atoms with Gasteiger partial charge in [-0.25, -0.2) is 4.68 Å². The number of rotatable bonds is 3. The Morgan fingerprint density at radius 1 is 1.65 bits per heavy atom. The summed E-state index contributed by atoms with van der Waals surface area (Å²) in [5.41, 5.74) is 0. The Labute approximate surface area is 107 Å². The first kappa shape index (κ1) is 11.1. The number of thioether (sulfide) groups is 2. The maximum absolute atomic E-state index is 11.8. The van der Waals surface area contributed by atoms with E-state index in [-0.39, 0.29) is 11.8 Å². The van der Waals surface area contributed by atoms with Crippen LogP contribution in [0, 0.1) is 5.92 Å². The zero-order chi connectivity index (χ0) is 11.8. The maximum Gasteiger partial charge on any atom is 0.234 e. The van der Waals surface area contributed by atoms with Gasteiger partial charge in [-0.1, -0.05) is 17.8 Å². The third kappa shape index (κ3) is 1.85. The molecule has 1 fully saturated rings. The molecule has 0 aromatic carbocycles. The van der Waals surface area contributed by atoms with Crippen LogP contribution in [0.25, 0.3) is 0 Å². The molecule has 3 rings (SSSR count). The highest BCUT2D eigenvalue weighted by atomic mass is 32.2. The average molecular weight is 269 g/mol. The number of tetrazole rings is 1. The zero-order valence-electron chi connectivity index (χ0n) is 9.18. The van der Waals surface area contributed by atoms with Crippen LogP contribution in [0.4, 0.5) is 0 Å². The number of β-lactam (4-membered cyclic amide) rings is 1. The van der Waals surface area contributed by atoms with Crippen LogP contribution >= 0.6 is 23.5 Å². The van der Waals surface area contributed by atoms with Crippen molar-refractivity contribution in [1.29, 1.82) is 0 Å². The molecule has 0 spiro atoms. The summed E-state index contributed by atoms with van der Waals surface area (Å²) >= 11 is 3.35. The van der Waals surface area contributed by atoms with Gasteiger partial charge in [-0.3, -0.25) is 4.79 Å². The van der Waals surface area contributed by atoms with Gasteiger partial charge in [-0.2, -0.15) is 0 Å². The van der Waals surface area contributed by atoms with Crippen LogP contribution in [0.3, 0.4) is 0 Å². The number of carbonyl (C=O) groups excluding carboxylic acids is 1. The lowest BCUT2D eigenvalue weighted by atomic mass is 10.0.